The van der Waals surface area contributed by atoms with Gasteiger partial charge in [-0.1, -0.05) is 12.1 Å². The molecular weight excluding hydrogens is 239 g/mol. The Morgan fingerprint density at radius 1 is 1.17 bits per heavy atom. The topological polar surface area (TPSA) is 66.5 Å². The first-order chi connectivity index (χ1) is 8.56. The van der Waals surface area contributed by atoms with Gasteiger partial charge in [0.2, 0.25) is 11.8 Å². The van der Waals surface area contributed by atoms with Gasteiger partial charge in [-0.2, -0.15) is 0 Å². The minimum Gasteiger partial charge on any atom is -0.277 e. The zero-order valence-corrected chi connectivity index (χ0v) is 9.48. The molecular formula is C12H11FN2O3. The van der Waals surface area contributed by atoms with Crippen molar-refractivity contribution in [3.63, 3.8) is 0 Å². The Bertz CT molecular complexity index is 479. The average Bonchev–Trinajstić information content (AvgIpc) is 2.30. The average molecular weight is 250 g/mol. The zero-order chi connectivity index (χ0) is 13.1. The maximum atomic E-state index is 12.7. The predicted octanol–water partition coefficient (Wildman–Crippen LogP) is 0.837. The molecule has 1 aromatic rings. The fourth-order valence-corrected chi connectivity index (χ4v) is 1.70. The lowest BCUT2D eigenvalue weighted by Crippen LogP contribution is -2.53. The van der Waals surface area contributed by atoms with Crippen molar-refractivity contribution in [2.75, 3.05) is 6.54 Å². The first kappa shape index (κ1) is 12.2. The summed E-state index contributed by atoms with van der Waals surface area (Å²) < 4.78 is 12.7. The van der Waals surface area contributed by atoms with Gasteiger partial charge in [-0.3, -0.25) is 19.8 Å². The maximum Gasteiger partial charge on any atom is 0.330 e. The number of urea groups is 1. The molecule has 1 N–H and O–H groups in total. The number of benzene rings is 1. The third-order valence-electron chi connectivity index (χ3n) is 2.64. The Morgan fingerprint density at radius 3 is 2.44 bits per heavy atom. The molecule has 0 radical (unpaired) electrons. The van der Waals surface area contributed by atoms with Crippen LogP contribution in [0.1, 0.15) is 12.0 Å². The van der Waals surface area contributed by atoms with Crippen molar-refractivity contribution in [3.8, 4) is 0 Å². The third-order valence-corrected chi connectivity index (χ3v) is 2.64. The molecule has 2 rings (SSSR count). The summed E-state index contributed by atoms with van der Waals surface area (Å²) in [5, 5.41) is 2.07. The van der Waals surface area contributed by atoms with Gasteiger partial charge in [0, 0.05) is 6.54 Å². The molecule has 5 nitrogen and oxygen atoms in total. The highest BCUT2D eigenvalue weighted by Crippen LogP contribution is 2.07. The Kier molecular flexibility index (Phi) is 3.36. The molecule has 0 spiro atoms. The van der Waals surface area contributed by atoms with E-state index in [1.807, 2.05) is 0 Å². The molecule has 0 unspecified atom stereocenters. The summed E-state index contributed by atoms with van der Waals surface area (Å²) in [5.41, 5.74) is 0.814. The van der Waals surface area contributed by atoms with Crippen molar-refractivity contribution in [3.05, 3.63) is 35.6 Å². The number of hydrogen-bond acceptors (Lipinski definition) is 3. The van der Waals surface area contributed by atoms with E-state index in [1.54, 1.807) is 12.1 Å². The molecule has 0 saturated carbocycles. The molecule has 1 heterocycles. The van der Waals surface area contributed by atoms with E-state index in [9.17, 15) is 18.8 Å². The van der Waals surface area contributed by atoms with Crippen molar-refractivity contribution in [2.45, 2.75) is 12.8 Å². The van der Waals surface area contributed by atoms with Crippen molar-refractivity contribution < 1.29 is 18.8 Å². The van der Waals surface area contributed by atoms with Gasteiger partial charge in [0.15, 0.2) is 0 Å². The molecule has 1 aliphatic rings. The molecule has 1 aliphatic heterocycles. The normalized spacial score (nSPS) is 15.8. The molecule has 0 aromatic heterocycles. The highest BCUT2D eigenvalue weighted by molar-refractivity contribution is 6.14. The number of imide groups is 2. The smallest absolute Gasteiger partial charge is 0.277 e. The van der Waals surface area contributed by atoms with Crippen LogP contribution in [0.2, 0.25) is 0 Å². The van der Waals surface area contributed by atoms with E-state index in [0.29, 0.717) is 6.42 Å². The molecule has 1 saturated heterocycles. The van der Waals surface area contributed by atoms with Gasteiger partial charge in [-0.15, -0.1) is 0 Å². The first-order valence-electron chi connectivity index (χ1n) is 5.45. The van der Waals surface area contributed by atoms with E-state index in [4.69, 9.17) is 0 Å². The minimum atomic E-state index is -0.696. The molecule has 1 aromatic carbocycles. The summed E-state index contributed by atoms with van der Waals surface area (Å²) in [6.45, 7) is 0.170. The van der Waals surface area contributed by atoms with E-state index in [0.717, 1.165) is 10.5 Å². The largest absolute Gasteiger partial charge is 0.330 e. The van der Waals surface area contributed by atoms with Gasteiger partial charge in [-0.05, 0) is 24.1 Å². The van der Waals surface area contributed by atoms with Crippen LogP contribution in [0.15, 0.2) is 24.3 Å². The first-order valence-corrected chi connectivity index (χ1v) is 5.45. The highest BCUT2D eigenvalue weighted by atomic mass is 19.1. The van der Waals surface area contributed by atoms with Gasteiger partial charge in [0.1, 0.15) is 12.2 Å². The molecule has 0 aliphatic carbocycles. The van der Waals surface area contributed by atoms with Crippen LogP contribution in [-0.4, -0.2) is 29.3 Å². The molecule has 18 heavy (non-hydrogen) atoms. The van der Waals surface area contributed by atoms with Crippen LogP contribution in [0.3, 0.4) is 0 Å². The quantitative estimate of drug-likeness (QED) is 0.808. The molecule has 1 fully saturated rings. The zero-order valence-electron chi connectivity index (χ0n) is 9.48. The van der Waals surface area contributed by atoms with Crippen molar-refractivity contribution in [2.24, 2.45) is 0 Å². The highest BCUT2D eigenvalue weighted by Gasteiger charge is 2.30. The van der Waals surface area contributed by atoms with Gasteiger partial charge >= 0.3 is 6.03 Å². The number of amides is 4. The Labute approximate surface area is 103 Å². The van der Waals surface area contributed by atoms with Crippen LogP contribution >= 0.6 is 0 Å². The number of halogens is 1. The molecule has 94 valence electrons. The summed E-state index contributed by atoms with van der Waals surface area (Å²) in [7, 11) is 0. The van der Waals surface area contributed by atoms with Gasteiger partial charge < -0.3 is 0 Å². The fraction of sp³-hybridized carbons (Fsp3) is 0.250. The Hall–Kier alpha value is -2.24. The lowest BCUT2D eigenvalue weighted by Gasteiger charge is -2.24. The van der Waals surface area contributed by atoms with Crippen LogP contribution in [0.5, 0.6) is 0 Å². The van der Waals surface area contributed by atoms with Crippen molar-refractivity contribution >= 4 is 17.8 Å². The number of carbonyl (C=O) groups is 3. The Morgan fingerprint density at radius 2 is 1.83 bits per heavy atom. The number of barbiturate groups is 1. The van der Waals surface area contributed by atoms with E-state index in [-0.39, 0.29) is 18.8 Å². The van der Waals surface area contributed by atoms with Crippen molar-refractivity contribution in [1.82, 2.24) is 10.2 Å². The lowest BCUT2D eigenvalue weighted by molar-refractivity contribution is -0.136. The lowest BCUT2D eigenvalue weighted by atomic mass is 10.1. The molecule has 0 bridgehead atoms. The number of nitrogens with zero attached hydrogens (tertiary/aromatic N) is 1. The van der Waals surface area contributed by atoms with E-state index < -0.39 is 17.8 Å². The number of nitrogens with one attached hydrogen (secondary N) is 1. The van der Waals surface area contributed by atoms with E-state index >= 15 is 0 Å². The van der Waals surface area contributed by atoms with E-state index in [1.165, 1.54) is 12.1 Å². The van der Waals surface area contributed by atoms with Crippen LogP contribution in [-0.2, 0) is 16.0 Å². The van der Waals surface area contributed by atoms with Gasteiger partial charge in [-0.25, -0.2) is 9.18 Å². The summed E-state index contributed by atoms with van der Waals surface area (Å²) in [6.07, 6.45) is 0.114. The van der Waals surface area contributed by atoms with Crippen LogP contribution < -0.4 is 5.32 Å². The minimum absolute atomic E-state index is 0.170. The van der Waals surface area contributed by atoms with Crippen LogP contribution in [0.4, 0.5) is 9.18 Å². The second kappa shape index (κ2) is 4.95. The van der Waals surface area contributed by atoms with E-state index in [2.05, 4.69) is 5.32 Å². The summed E-state index contributed by atoms with van der Waals surface area (Å²) >= 11 is 0. The Balaban J connectivity index is 1.97. The molecule has 0 atom stereocenters. The van der Waals surface area contributed by atoms with Gasteiger partial charge in [0.25, 0.3) is 0 Å². The summed E-state index contributed by atoms with van der Waals surface area (Å²) in [6, 6.07) is 5.12. The van der Waals surface area contributed by atoms with Crippen LogP contribution in [0.25, 0.3) is 0 Å². The summed E-state index contributed by atoms with van der Waals surface area (Å²) in [4.78, 5) is 34.8. The third kappa shape index (κ3) is 2.71. The number of hydrogen-bond donors (Lipinski definition) is 1. The second-order valence-corrected chi connectivity index (χ2v) is 3.95. The SMILES string of the molecule is O=C1CC(=O)N(CCc2ccc(F)cc2)C(=O)N1. The molecule has 6 heteroatoms. The summed E-state index contributed by atoms with van der Waals surface area (Å²) in [5.74, 6) is -1.43. The second-order valence-electron chi connectivity index (χ2n) is 3.95. The number of rotatable bonds is 3. The fourth-order valence-electron chi connectivity index (χ4n) is 1.70. The standard InChI is InChI=1S/C12H11FN2O3/c13-9-3-1-8(2-4-9)5-6-15-11(17)7-10(16)14-12(15)18/h1-4H,5-7H2,(H,14,16,18). The monoisotopic (exact) mass is 250 g/mol. The predicted molar refractivity (Wildman–Crippen MR) is 60.0 cm³/mol. The van der Waals surface area contributed by atoms with Gasteiger partial charge in [0.05, 0.1) is 0 Å². The van der Waals surface area contributed by atoms with Crippen molar-refractivity contribution in [1.29, 1.82) is 0 Å². The maximum absolute atomic E-state index is 12.7. The van der Waals surface area contributed by atoms with Crippen LogP contribution in [0, 0.1) is 5.82 Å². The number of carbonyl (C=O) groups excluding carboxylic acids is 3. The molecule has 4 amide bonds.